The summed E-state index contributed by atoms with van der Waals surface area (Å²) < 4.78 is 6.34. The van der Waals surface area contributed by atoms with Crippen LogP contribution in [0.2, 0.25) is 0 Å². The Bertz CT molecular complexity index is 2790. The van der Waals surface area contributed by atoms with Gasteiger partial charge in [-0.05, 0) is 57.1 Å². The molecule has 0 fully saturated rings. The van der Waals surface area contributed by atoms with E-state index in [4.69, 9.17) is 14.4 Å². The molecule has 3 nitrogen and oxygen atoms in total. The fourth-order valence-corrected chi connectivity index (χ4v) is 7.97. The number of rotatable bonds is 5. The standard InChI is InChI=1S/C49H34N2O/c1-49(2)42-17-8-6-13-38(42)39-28-27-36(29-43(39)49)31-19-23-33(24-20-31)44-30-45(51-48(50-44)35-11-4-3-5-12-35)34-25-21-32(22-26-34)37-15-10-16-41-40-14-7-9-18-46(40)52-47(37)41/h3-30H,1-2H3. The highest BCUT2D eigenvalue weighted by molar-refractivity contribution is 6.09. The maximum absolute atomic E-state index is 6.34. The summed E-state index contributed by atoms with van der Waals surface area (Å²) in [5, 5.41) is 2.26. The quantitative estimate of drug-likeness (QED) is 0.183. The Balaban J connectivity index is 1.01. The maximum Gasteiger partial charge on any atom is 0.160 e. The zero-order valence-electron chi connectivity index (χ0n) is 29.0. The number of aromatic nitrogens is 2. The Hall–Kier alpha value is -6.58. The molecule has 0 saturated heterocycles. The van der Waals surface area contributed by atoms with Gasteiger partial charge in [0.1, 0.15) is 11.2 Å². The molecule has 0 N–H and O–H groups in total. The number of benzene rings is 7. The first-order valence-corrected chi connectivity index (χ1v) is 17.8. The van der Waals surface area contributed by atoms with Crippen LogP contribution in [0, 0.1) is 0 Å². The fraction of sp³-hybridized carbons (Fsp3) is 0.0612. The van der Waals surface area contributed by atoms with E-state index in [1.54, 1.807) is 0 Å². The van der Waals surface area contributed by atoms with Crippen molar-refractivity contribution in [2.45, 2.75) is 19.3 Å². The van der Waals surface area contributed by atoms with Crippen molar-refractivity contribution < 1.29 is 4.42 Å². The van der Waals surface area contributed by atoms with E-state index in [1.807, 2.05) is 30.3 Å². The van der Waals surface area contributed by atoms with E-state index in [0.717, 1.165) is 61.1 Å². The van der Waals surface area contributed by atoms with Gasteiger partial charge in [0.2, 0.25) is 0 Å². The van der Waals surface area contributed by atoms with Crippen molar-refractivity contribution >= 4 is 21.9 Å². The van der Waals surface area contributed by atoms with E-state index in [-0.39, 0.29) is 5.41 Å². The van der Waals surface area contributed by atoms with Gasteiger partial charge in [-0.15, -0.1) is 0 Å². The zero-order chi connectivity index (χ0) is 34.8. The SMILES string of the molecule is CC1(C)c2ccccc2-c2ccc(-c3ccc(-c4cc(-c5ccc(-c6cccc7c6oc6ccccc67)cc5)nc(-c5ccccc5)n4)cc3)cc21. The van der Waals surface area contributed by atoms with E-state index >= 15 is 0 Å². The van der Waals surface area contributed by atoms with Crippen LogP contribution in [0.4, 0.5) is 0 Å². The van der Waals surface area contributed by atoms with Crippen LogP contribution in [-0.2, 0) is 5.41 Å². The topological polar surface area (TPSA) is 38.9 Å². The average Bonchev–Trinajstić information content (AvgIpc) is 3.70. The molecule has 2 heterocycles. The predicted octanol–water partition coefficient (Wildman–Crippen LogP) is 13.0. The van der Waals surface area contributed by atoms with Gasteiger partial charge in [0, 0.05) is 38.4 Å². The summed E-state index contributed by atoms with van der Waals surface area (Å²) >= 11 is 0. The first-order valence-electron chi connectivity index (χ1n) is 17.8. The molecule has 0 radical (unpaired) electrons. The minimum Gasteiger partial charge on any atom is -0.455 e. The maximum atomic E-state index is 6.34. The first-order chi connectivity index (χ1) is 25.5. The lowest BCUT2D eigenvalue weighted by atomic mass is 9.81. The van der Waals surface area contributed by atoms with Crippen LogP contribution in [-0.4, -0.2) is 9.97 Å². The summed E-state index contributed by atoms with van der Waals surface area (Å²) in [6, 6.07) is 60.0. The second kappa shape index (κ2) is 11.8. The molecule has 0 aliphatic heterocycles. The summed E-state index contributed by atoms with van der Waals surface area (Å²) in [5.74, 6) is 0.703. The van der Waals surface area contributed by atoms with Crippen molar-refractivity contribution in [3.63, 3.8) is 0 Å². The van der Waals surface area contributed by atoms with E-state index in [1.165, 1.54) is 33.4 Å². The minimum atomic E-state index is -0.0357. The van der Waals surface area contributed by atoms with Gasteiger partial charge in [0.25, 0.3) is 0 Å². The molecule has 3 heteroatoms. The molecular formula is C49H34N2O. The third-order valence-corrected chi connectivity index (χ3v) is 10.8. The lowest BCUT2D eigenvalue weighted by molar-refractivity contribution is 0.660. The lowest BCUT2D eigenvalue weighted by Crippen LogP contribution is -2.14. The van der Waals surface area contributed by atoms with Crippen LogP contribution in [0.25, 0.3) is 89.2 Å². The van der Waals surface area contributed by atoms with Gasteiger partial charge in [-0.1, -0.05) is 166 Å². The monoisotopic (exact) mass is 666 g/mol. The Morgan fingerprint density at radius 2 is 0.981 bits per heavy atom. The normalized spacial score (nSPS) is 13.0. The van der Waals surface area contributed by atoms with Gasteiger partial charge in [-0.3, -0.25) is 0 Å². The van der Waals surface area contributed by atoms with Crippen molar-refractivity contribution in [2.75, 3.05) is 0 Å². The number of fused-ring (bicyclic) bond motifs is 6. The van der Waals surface area contributed by atoms with Gasteiger partial charge in [-0.2, -0.15) is 0 Å². The Labute approximate surface area is 302 Å². The highest BCUT2D eigenvalue weighted by Crippen LogP contribution is 2.49. The molecule has 0 amide bonds. The van der Waals surface area contributed by atoms with Crippen molar-refractivity contribution in [3.05, 3.63) is 181 Å². The van der Waals surface area contributed by atoms with Crippen LogP contribution in [0.5, 0.6) is 0 Å². The van der Waals surface area contributed by atoms with E-state index in [0.29, 0.717) is 5.82 Å². The van der Waals surface area contributed by atoms with E-state index < -0.39 is 0 Å². The molecule has 0 unspecified atom stereocenters. The van der Waals surface area contributed by atoms with Gasteiger partial charge in [0.05, 0.1) is 11.4 Å². The molecule has 1 aliphatic carbocycles. The van der Waals surface area contributed by atoms with Crippen molar-refractivity contribution in [1.29, 1.82) is 0 Å². The number of para-hydroxylation sites is 2. The third-order valence-electron chi connectivity index (χ3n) is 10.8. The average molecular weight is 667 g/mol. The number of furan rings is 1. The second-order valence-electron chi connectivity index (χ2n) is 14.2. The molecule has 0 bridgehead atoms. The molecule has 2 aromatic heterocycles. The summed E-state index contributed by atoms with van der Waals surface area (Å²) in [6.07, 6.45) is 0. The molecule has 52 heavy (non-hydrogen) atoms. The first kappa shape index (κ1) is 30.3. The summed E-state index contributed by atoms with van der Waals surface area (Å²) in [6.45, 7) is 4.66. The van der Waals surface area contributed by atoms with Crippen LogP contribution >= 0.6 is 0 Å². The molecule has 0 spiro atoms. The fourth-order valence-electron chi connectivity index (χ4n) is 7.97. The predicted molar refractivity (Wildman–Crippen MR) is 214 cm³/mol. The summed E-state index contributed by atoms with van der Waals surface area (Å²) in [5.41, 5.74) is 16.6. The molecule has 0 atom stereocenters. The second-order valence-corrected chi connectivity index (χ2v) is 14.2. The van der Waals surface area contributed by atoms with Crippen LogP contribution < -0.4 is 0 Å². The highest BCUT2D eigenvalue weighted by atomic mass is 16.3. The van der Waals surface area contributed by atoms with Gasteiger partial charge < -0.3 is 4.42 Å². The van der Waals surface area contributed by atoms with Gasteiger partial charge in [-0.25, -0.2) is 9.97 Å². The summed E-state index contributed by atoms with van der Waals surface area (Å²) in [4.78, 5) is 10.2. The van der Waals surface area contributed by atoms with Gasteiger partial charge in [0.15, 0.2) is 5.82 Å². The number of nitrogens with zero attached hydrogens (tertiary/aromatic N) is 2. The van der Waals surface area contributed by atoms with Crippen molar-refractivity contribution in [2.24, 2.45) is 0 Å². The molecule has 246 valence electrons. The zero-order valence-corrected chi connectivity index (χ0v) is 29.0. The molecule has 0 saturated carbocycles. The molecule has 9 aromatic rings. The Kier molecular flexibility index (Phi) is 6.84. The molecule has 1 aliphatic rings. The van der Waals surface area contributed by atoms with Gasteiger partial charge >= 0.3 is 0 Å². The number of hydrogen-bond acceptors (Lipinski definition) is 3. The smallest absolute Gasteiger partial charge is 0.160 e. The van der Waals surface area contributed by atoms with Crippen molar-refractivity contribution in [3.8, 4) is 67.3 Å². The van der Waals surface area contributed by atoms with Crippen LogP contribution in [0.1, 0.15) is 25.0 Å². The highest BCUT2D eigenvalue weighted by Gasteiger charge is 2.35. The van der Waals surface area contributed by atoms with Crippen LogP contribution in [0.3, 0.4) is 0 Å². The molecule has 10 rings (SSSR count). The molecular weight excluding hydrogens is 633 g/mol. The summed E-state index contributed by atoms with van der Waals surface area (Å²) in [7, 11) is 0. The molecule has 7 aromatic carbocycles. The van der Waals surface area contributed by atoms with E-state index in [9.17, 15) is 0 Å². The number of hydrogen-bond donors (Lipinski definition) is 0. The van der Waals surface area contributed by atoms with Crippen molar-refractivity contribution in [1.82, 2.24) is 9.97 Å². The largest absolute Gasteiger partial charge is 0.455 e. The Morgan fingerprint density at radius 3 is 1.75 bits per heavy atom. The van der Waals surface area contributed by atoms with Crippen LogP contribution in [0.15, 0.2) is 174 Å². The lowest BCUT2D eigenvalue weighted by Gasteiger charge is -2.22. The third kappa shape index (κ3) is 4.89. The van der Waals surface area contributed by atoms with E-state index in [2.05, 4.69) is 153 Å². The minimum absolute atomic E-state index is 0.0357. The Morgan fingerprint density at radius 1 is 0.404 bits per heavy atom.